The molecule has 0 aliphatic carbocycles. The summed E-state index contributed by atoms with van der Waals surface area (Å²) in [5, 5.41) is 0. The van der Waals surface area contributed by atoms with Crippen LogP contribution in [0, 0.1) is 0 Å². The fourth-order valence-corrected chi connectivity index (χ4v) is 4.16. The maximum absolute atomic E-state index is 5.63. The van der Waals surface area contributed by atoms with Crippen molar-refractivity contribution < 1.29 is 4.12 Å². The van der Waals surface area contributed by atoms with Gasteiger partial charge in [0.15, 0.2) is 0 Å². The Morgan fingerprint density at radius 3 is 2.69 bits per heavy atom. The molecule has 0 saturated carbocycles. The minimum Gasteiger partial charge on any atom is -0.452 e. The first-order valence-electron chi connectivity index (χ1n) is 4.72. The molecule has 1 N–H and O–H groups in total. The van der Waals surface area contributed by atoms with Crippen LogP contribution < -0.4 is 4.98 Å². The van der Waals surface area contributed by atoms with Gasteiger partial charge in [-0.25, -0.2) is 0 Å². The van der Waals surface area contributed by atoms with Crippen molar-refractivity contribution in [2.24, 2.45) is 0 Å². The molecule has 0 radical (unpaired) electrons. The van der Waals surface area contributed by atoms with E-state index in [1.54, 1.807) is 0 Å². The van der Waals surface area contributed by atoms with Gasteiger partial charge in [0.25, 0.3) is 0 Å². The highest BCUT2D eigenvalue weighted by molar-refractivity contribution is 6.54. The Kier molecular flexibility index (Phi) is 4.99. The van der Waals surface area contributed by atoms with Gasteiger partial charge in [0.05, 0.1) is 0 Å². The molecule has 1 atom stereocenters. The highest BCUT2D eigenvalue weighted by Crippen LogP contribution is 1.97. The van der Waals surface area contributed by atoms with E-state index in [1.807, 2.05) is 6.07 Å². The summed E-state index contributed by atoms with van der Waals surface area (Å²) < 4.78 is 5.63. The van der Waals surface area contributed by atoms with Gasteiger partial charge in [-0.2, -0.15) is 0 Å². The number of hydrogen-bond donors (Lipinski definition) is 1. The fourth-order valence-electron chi connectivity index (χ4n) is 1.17. The molecule has 0 aliphatic heterocycles. The predicted molar refractivity (Wildman–Crippen MR) is 61.8 cm³/mol. The highest BCUT2D eigenvalue weighted by atomic mass is 28.4. The van der Waals surface area contributed by atoms with Gasteiger partial charge in [0.2, 0.25) is 9.20 Å². The van der Waals surface area contributed by atoms with E-state index in [1.165, 1.54) is 5.56 Å². The summed E-state index contributed by atoms with van der Waals surface area (Å²) >= 11 is 0. The number of benzene rings is 1. The van der Waals surface area contributed by atoms with Crippen LogP contribution in [0.2, 0.25) is 13.1 Å². The largest absolute Gasteiger partial charge is 0.452 e. The first kappa shape index (κ1) is 10.7. The van der Waals surface area contributed by atoms with E-state index in [-0.39, 0.29) is 9.76 Å². The average Bonchev–Trinajstić information content (AvgIpc) is 2.17. The van der Waals surface area contributed by atoms with E-state index in [0.717, 1.165) is 6.54 Å². The first-order valence-corrected chi connectivity index (χ1v) is 8.91. The van der Waals surface area contributed by atoms with Crippen LogP contribution in [0.4, 0.5) is 0 Å². The second-order valence-corrected chi connectivity index (χ2v) is 6.57. The van der Waals surface area contributed by atoms with Crippen LogP contribution in [0.1, 0.15) is 5.56 Å². The van der Waals surface area contributed by atoms with E-state index in [0.29, 0.717) is 0 Å². The van der Waals surface area contributed by atoms with Crippen molar-refractivity contribution in [3.05, 3.63) is 35.9 Å². The average molecular weight is 211 g/mol. The molecule has 13 heavy (non-hydrogen) atoms. The van der Waals surface area contributed by atoms with Crippen molar-refractivity contribution >= 4 is 19.0 Å². The Morgan fingerprint density at radius 1 is 1.38 bits per heavy atom. The van der Waals surface area contributed by atoms with E-state index in [4.69, 9.17) is 4.12 Å². The lowest BCUT2D eigenvalue weighted by atomic mass is 10.2. The van der Waals surface area contributed by atoms with Crippen molar-refractivity contribution in [2.45, 2.75) is 19.6 Å². The minimum absolute atomic E-state index is 0.234. The Hall–Kier alpha value is -0.426. The monoisotopic (exact) mass is 211 g/mol. The third kappa shape index (κ3) is 4.37. The lowest BCUT2D eigenvalue weighted by molar-refractivity contribution is 0.593. The van der Waals surface area contributed by atoms with Gasteiger partial charge in [-0.05, 0) is 12.1 Å². The summed E-state index contributed by atoms with van der Waals surface area (Å²) in [6.45, 7) is 5.32. The first-order chi connectivity index (χ1) is 6.33. The molecular formula is C9H17NOSi2. The van der Waals surface area contributed by atoms with Crippen molar-refractivity contribution in [3.63, 3.8) is 0 Å². The second kappa shape index (κ2) is 6.09. The zero-order valence-corrected chi connectivity index (χ0v) is 10.9. The highest BCUT2D eigenvalue weighted by Gasteiger charge is 2.01. The fraction of sp³-hybridized carbons (Fsp3) is 0.333. The molecule has 0 bridgehead atoms. The molecule has 0 saturated heterocycles. The summed E-state index contributed by atoms with van der Waals surface area (Å²) in [6, 6.07) is 10.5. The summed E-state index contributed by atoms with van der Waals surface area (Å²) in [5.41, 5.74) is 1.34. The SMILES string of the molecule is C[SiH2]O[SiH](C)NCc1ccccc1. The molecule has 4 heteroatoms. The van der Waals surface area contributed by atoms with Gasteiger partial charge in [-0.3, -0.25) is 0 Å². The molecular weight excluding hydrogens is 194 g/mol. The van der Waals surface area contributed by atoms with Crippen LogP contribution in [0.3, 0.4) is 0 Å². The van der Waals surface area contributed by atoms with Gasteiger partial charge >= 0.3 is 0 Å². The smallest absolute Gasteiger partial charge is 0.238 e. The molecule has 1 aromatic rings. The molecule has 1 rings (SSSR count). The van der Waals surface area contributed by atoms with Gasteiger partial charge in [0, 0.05) is 6.54 Å². The topological polar surface area (TPSA) is 21.3 Å². The molecule has 72 valence electrons. The zero-order chi connectivity index (χ0) is 9.52. The number of nitrogens with one attached hydrogen (secondary N) is 1. The maximum atomic E-state index is 5.63. The second-order valence-electron chi connectivity index (χ2n) is 2.96. The Bertz CT molecular complexity index is 230. The van der Waals surface area contributed by atoms with Crippen LogP contribution in [0.25, 0.3) is 0 Å². The van der Waals surface area contributed by atoms with Gasteiger partial charge in [-0.15, -0.1) is 0 Å². The Labute approximate surface area is 84.1 Å². The van der Waals surface area contributed by atoms with E-state index in [2.05, 4.69) is 42.3 Å². The zero-order valence-electron chi connectivity index (χ0n) is 8.29. The van der Waals surface area contributed by atoms with Crippen molar-refractivity contribution in [2.75, 3.05) is 0 Å². The Morgan fingerprint density at radius 2 is 2.08 bits per heavy atom. The lowest BCUT2D eigenvalue weighted by Crippen LogP contribution is -2.34. The third-order valence-electron chi connectivity index (χ3n) is 1.85. The van der Waals surface area contributed by atoms with Gasteiger partial charge in [0.1, 0.15) is 9.76 Å². The molecule has 1 aromatic carbocycles. The lowest BCUT2D eigenvalue weighted by Gasteiger charge is -2.11. The summed E-state index contributed by atoms with van der Waals surface area (Å²) in [5.74, 6) is 0. The molecule has 0 spiro atoms. The molecule has 0 aromatic heterocycles. The van der Waals surface area contributed by atoms with E-state index < -0.39 is 9.20 Å². The summed E-state index contributed by atoms with van der Waals surface area (Å²) in [6.07, 6.45) is 0. The van der Waals surface area contributed by atoms with Crippen LogP contribution in [-0.4, -0.2) is 19.0 Å². The summed E-state index contributed by atoms with van der Waals surface area (Å²) in [7, 11) is -1.29. The van der Waals surface area contributed by atoms with Crippen molar-refractivity contribution in [1.29, 1.82) is 0 Å². The standard InChI is InChI=1S/C9H17NOSi2/c1-12-11-13(2)10-8-9-6-4-3-5-7-9/h3-7,10,13H,8,12H2,1-2H3. The van der Waals surface area contributed by atoms with E-state index in [9.17, 15) is 0 Å². The molecule has 0 amide bonds. The van der Waals surface area contributed by atoms with Crippen LogP contribution >= 0.6 is 0 Å². The number of rotatable bonds is 5. The third-order valence-corrected chi connectivity index (χ3v) is 5.97. The molecule has 1 unspecified atom stereocenters. The normalized spacial score (nSPS) is 13.7. The predicted octanol–water partition coefficient (Wildman–Crippen LogP) is 0.775. The molecule has 0 aliphatic rings. The molecule has 0 heterocycles. The van der Waals surface area contributed by atoms with E-state index >= 15 is 0 Å². The van der Waals surface area contributed by atoms with Crippen LogP contribution in [0.5, 0.6) is 0 Å². The minimum atomic E-state index is -1.06. The van der Waals surface area contributed by atoms with Crippen molar-refractivity contribution in [3.8, 4) is 0 Å². The van der Waals surface area contributed by atoms with Crippen LogP contribution in [0.15, 0.2) is 30.3 Å². The summed E-state index contributed by atoms with van der Waals surface area (Å²) in [4.78, 5) is 3.45. The molecule has 0 fully saturated rings. The van der Waals surface area contributed by atoms with Crippen LogP contribution in [-0.2, 0) is 10.7 Å². The Balaban J connectivity index is 2.27. The van der Waals surface area contributed by atoms with Gasteiger partial charge < -0.3 is 9.10 Å². The number of hydrogen-bond acceptors (Lipinski definition) is 2. The van der Waals surface area contributed by atoms with Gasteiger partial charge in [-0.1, -0.05) is 36.9 Å². The maximum Gasteiger partial charge on any atom is 0.238 e. The quantitative estimate of drug-likeness (QED) is 0.727. The molecule has 2 nitrogen and oxygen atoms in total. The van der Waals surface area contributed by atoms with Crippen molar-refractivity contribution in [1.82, 2.24) is 4.98 Å².